The Morgan fingerprint density at radius 3 is 2.49 bits per heavy atom. The van der Waals surface area contributed by atoms with Crippen LogP contribution in [0.5, 0.6) is 0 Å². The first kappa shape index (κ1) is 33.1. The first-order valence-corrected chi connectivity index (χ1v) is 19.1. The maximum Gasteiger partial charge on any atom is 0.251 e. The number of nitrogens with one attached hydrogen (secondary N) is 1. The molecule has 2 aliphatic heterocycles. The average Bonchev–Trinajstić information content (AvgIpc) is 3.63. The maximum atomic E-state index is 13.2. The quantitative estimate of drug-likeness (QED) is 0.250. The van der Waals surface area contributed by atoms with E-state index >= 15 is 0 Å². The number of aliphatic hydroxyl groups is 1. The smallest absolute Gasteiger partial charge is 0.251 e. The van der Waals surface area contributed by atoms with Gasteiger partial charge in [0.1, 0.15) is 0 Å². The molecule has 8 rings (SSSR count). The lowest BCUT2D eigenvalue weighted by Gasteiger charge is -2.49. The summed E-state index contributed by atoms with van der Waals surface area (Å²) in [4.78, 5) is 28.6. The van der Waals surface area contributed by atoms with Gasteiger partial charge in [-0.05, 0) is 105 Å². The monoisotopic (exact) mass is 662 g/mol. The number of rotatable bonds is 6. The van der Waals surface area contributed by atoms with Crippen molar-refractivity contribution in [3.63, 3.8) is 0 Å². The van der Waals surface area contributed by atoms with Crippen LogP contribution in [0.4, 0.5) is 0 Å². The molecule has 2 saturated carbocycles. The molecule has 1 amide bonds. The number of likely N-dealkylation sites (tertiary alicyclic amines) is 1. The standard InChI is InChI=1S/C43H54N2O4/c1-26-22-38-39(45(25-26)21-20-44-41(48)31-12-10-30(11-13-31)40(47)29-8-6-5-7-9-29)28(3)43(49-38)19-17-34-35-15-14-32-23-33(46)16-18-42(32,4)37(35)24-36(34)27(43)2/h5-14,26,28,33-35,37-39,46H,15-25H2,1-4H3,(H,44,48). The Hall–Kier alpha value is -3.06. The van der Waals surface area contributed by atoms with Crippen molar-refractivity contribution < 1.29 is 19.4 Å². The molecule has 2 aromatic rings. The number of carbonyl (C=O) groups excluding carboxylic acids is 2. The molecule has 4 aliphatic carbocycles. The minimum absolute atomic E-state index is 0.0388. The zero-order chi connectivity index (χ0) is 34.1. The lowest BCUT2D eigenvalue weighted by Crippen LogP contribution is -2.54. The number of ether oxygens (including phenoxy) is 1. The van der Waals surface area contributed by atoms with Crippen LogP contribution in [-0.4, -0.2) is 65.2 Å². The largest absolute Gasteiger partial charge is 0.393 e. The molecule has 49 heavy (non-hydrogen) atoms. The van der Waals surface area contributed by atoms with E-state index in [1.165, 1.54) is 30.4 Å². The van der Waals surface area contributed by atoms with E-state index in [-0.39, 0.29) is 34.9 Å². The van der Waals surface area contributed by atoms with Crippen LogP contribution >= 0.6 is 0 Å². The van der Waals surface area contributed by atoms with E-state index in [1.807, 2.05) is 30.3 Å². The molecule has 6 aliphatic rings. The van der Waals surface area contributed by atoms with Gasteiger partial charge in [0.15, 0.2) is 5.78 Å². The fourth-order valence-electron chi connectivity index (χ4n) is 11.7. The Morgan fingerprint density at radius 2 is 1.71 bits per heavy atom. The number of carbonyl (C=O) groups is 2. The summed E-state index contributed by atoms with van der Waals surface area (Å²) in [5.41, 5.74) is 6.61. The van der Waals surface area contributed by atoms with Crippen molar-refractivity contribution in [2.75, 3.05) is 19.6 Å². The predicted molar refractivity (Wildman–Crippen MR) is 192 cm³/mol. The number of aliphatic hydroxyl groups excluding tert-OH is 1. The van der Waals surface area contributed by atoms with Gasteiger partial charge in [0.2, 0.25) is 0 Å². The summed E-state index contributed by atoms with van der Waals surface area (Å²) in [6.45, 7) is 12.1. The van der Waals surface area contributed by atoms with Crippen LogP contribution in [0.25, 0.3) is 0 Å². The lowest BCUT2D eigenvalue weighted by molar-refractivity contribution is -0.0646. The number of hydrogen-bond donors (Lipinski definition) is 2. The third-order valence-corrected chi connectivity index (χ3v) is 14.2. The summed E-state index contributed by atoms with van der Waals surface area (Å²) >= 11 is 0. The van der Waals surface area contributed by atoms with Gasteiger partial charge in [-0.25, -0.2) is 0 Å². The van der Waals surface area contributed by atoms with E-state index < -0.39 is 0 Å². The van der Waals surface area contributed by atoms with Crippen LogP contribution in [0.15, 0.2) is 77.4 Å². The summed E-state index contributed by atoms with van der Waals surface area (Å²) in [7, 11) is 0. The molecule has 2 heterocycles. The summed E-state index contributed by atoms with van der Waals surface area (Å²) in [5.74, 6) is 2.87. The zero-order valence-electron chi connectivity index (χ0n) is 29.8. The molecule has 1 spiro atoms. The van der Waals surface area contributed by atoms with Gasteiger partial charge in [-0.3, -0.25) is 14.5 Å². The Balaban J connectivity index is 0.944. The second-order valence-electron chi connectivity index (χ2n) is 16.7. The van der Waals surface area contributed by atoms with Crippen molar-refractivity contribution in [2.24, 2.45) is 35.0 Å². The second-order valence-corrected chi connectivity index (χ2v) is 16.7. The highest BCUT2D eigenvalue weighted by molar-refractivity contribution is 6.09. The SMILES string of the molecule is CC1=C2CC3C(CC=C4CC(O)CCC43C)C2CCC12OC1CC(C)CN(CCNC(=O)c3ccc(C(=O)c4ccccc4)cc3)C1C2C. The minimum Gasteiger partial charge on any atom is -0.393 e. The molecule has 4 fully saturated rings. The maximum absolute atomic E-state index is 13.2. The summed E-state index contributed by atoms with van der Waals surface area (Å²) in [6.07, 6.45) is 11.3. The van der Waals surface area contributed by atoms with Gasteiger partial charge in [-0.1, -0.05) is 80.5 Å². The number of fused-ring (bicyclic) bond motifs is 6. The molecule has 2 N–H and O–H groups in total. The topological polar surface area (TPSA) is 78.9 Å². The number of amides is 1. The first-order valence-electron chi connectivity index (χ1n) is 19.1. The average molecular weight is 663 g/mol. The van der Waals surface area contributed by atoms with E-state index in [1.54, 1.807) is 29.8 Å². The molecule has 6 heteroatoms. The first-order chi connectivity index (χ1) is 23.6. The molecule has 6 nitrogen and oxygen atoms in total. The van der Waals surface area contributed by atoms with E-state index in [2.05, 4.69) is 44.0 Å². The second kappa shape index (κ2) is 12.6. The zero-order valence-corrected chi connectivity index (χ0v) is 29.8. The van der Waals surface area contributed by atoms with E-state index in [0.29, 0.717) is 52.9 Å². The Morgan fingerprint density at radius 1 is 0.980 bits per heavy atom. The van der Waals surface area contributed by atoms with Gasteiger partial charge >= 0.3 is 0 Å². The number of piperidine rings is 1. The van der Waals surface area contributed by atoms with Gasteiger partial charge in [-0.15, -0.1) is 0 Å². The van der Waals surface area contributed by atoms with Crippen molar-refractivity contribution in [2.45, 2.75) is 103 Å². The fraction of sp³-hybridized carbons (Fsp3) is 0.581. The van der Waals surface area contributed by atoms with Crippen molar-refractivity contribution in [3.05, 3.63) is 94.1 Å². The highest BCUT2D eigenvalue weighted by atomic mass is 16.5. The number of benzene rings is 2. The van der Waals surface area contributed by atoms with Crippen molar-refractivity contribution in [3.8, 4) is 0 Å². The molecule has 10 atom stereocenters. The van der Waals surface area contributed by atoms with Crippen molar-refractivity contribution >= 4 is 11.7 Å². The van der Waals surface area contributed by atoms with Gasteiger partial charge in [0, 0.05) is 48.3 Å². The number of hydrogen-bond acceptors (Lipinski definition) is 5. The number of nitrogens with zero attached hydrogens (tertiary/aromatic N) is 1. The van der Waals surface area contributed by atoms with Crippen LogP contribution in [0.2, 0.25) is 0 Å². The highest BCUT2D eigenvalue weighted by Crippen LogP contribution is 2.65. The molecule has 0 aromatic heterocycles. The van der Waals surface area contributed by atoms with Gasteiger partial charge in [0.05, 0.1) is 17.8 Å². The summed E-state index contributed by atoms with van der Waals surface area (Å²) < 4.78 is 7.33. The molecule has 10 unspecified atom stereocenters. The third kappa shape index (κ3) is 5.48. The third-order valence-electron chi connectivity index (χ3n) is 14.2. The molecular weight excluding hydrogens is 608 g/mol. The summed E-state index contributed by atoms with van der Waals surface area (Å²) in [6, 6.07) is 16.6. The Kier molecular flexibility index (Phi) is 8.52. The van der Waals surface area contributed by atoms with E-state index in [4.69, 9.17) is 4.74 Å². The van der Waals surface area contributed by atoms with Crippen LogP contribution in [0.1, 0.15) is 105 Å². The highest BCUT2D eigenvalue weighted by Gasteiger charge is 2.61. The van der Waals surface area contributed by atoms with Crippen LogP contribution in [0.3, 0.4) is 0 Å². The molecule has 0 bridgehead atoms. The Labute approximate surface area is 292 Å². The lowest BCUT2D eigenvalue weighted by atomic mass is 9.56. The Bertz CT molecular complexity index is 1660. The molecule has 0 radical (unpaired) electrons. The van der Waals surface area contributed by atoms with Crippen LogP contribution in [-0.2, 0) is 4.74 Å². The molecule has 2 saturated heterocycles. The fourth-order valence-corrected chi connectivity index (χ4v) is 11.7. The normalized spacial score (nSPS) is 38.3. The van der Waals surface area contributed by atoms with Crippen molar-refractivity contribution in [1.29, 1.82) is 0 Å². The number of allylic oxidation sites excluding steroid dienone is 2. The number of ketones is 1. The summed E-state index contributed by atoms with van der Waals surface area (Å²) in [5, 5.41) is 13.6. The van der Waals surface area contributed by atoms with Gasteiger partial charge < -0.3 is 15.2 Å². The van der Waals surface area contributed by atoms with Gasteiger partial charge in [-0.2, -0.15) is 0 Å². The minimum atomic E-state index is -0.195. The predicted octanol–water partition coefficient (Wildman–Crippen LogP) is 7.38. The molecular formula is C43H54N2O4. The van der Waals surface area contributed by atoms with E-state index in [0.717, 1.165) is 51.1 Å². The molecule has 2 aromatic carbocycles. The van der Waals surface area contributed by atoms with E-state index in [9.17, 15) is 14.7 Å². The molecule has 260 valence electrons. The van der Waals surface area contributed by atoms with Crippen LogP contribution in [0, 0.1) is 35.0 Å². The van der Waals surface area contributed by atoms with Crippen molar-refractivity contribution in [1.82, 2.24) is 10.2 Å². The van der Waals surface area contributed by atoms with Gasteiger partial charge in [0.25, 0.3) is 5.91 Å². The van der Waals surface area contributed by atoms with Crippen LogP contribution < -0.4 is 5.32 Å².